The van der Waals surface area contributed by atoms with Crippen LogP contribution in [0.15, 0.2) is 103 Å². The van der Waals surface area contributed by atoms with E-state index in [1.54, 1.807) is 0 Å². The molecule has 174 valence electrons. The van der Waals surface area contributed by atoms with E-state index in [0.29, 0.717) is 18.7 Å². The van der Waals surface area contributed by atoms with Crippen LogP contribution in [-0.2, 0) is 19.6 Å². The van der Waals surface area contributed by atoms with Crippen molar-refractivity contribution in [3.05, 3.63) is 136 Å². The topological polar surface area (TPSA) is 50.8 Å². The number of nitriles is 1. The number of nitrogens with zero attached hydrogens (tertiary/aromatic N) is 3. The summed E-state index contributed by atoms with van der Waals surface area (Å²) in [6.07, 6.45) is 0.771. The molecule has 2 heterocycles. The smallest absolute Gasteiger partial charge is 0.127 e. The zero-order valence-corrected chi connectivity index (χ0v) is 20.1. The molecule has 4 nitrogen and oxygen atoms in total. The first-order valence-corrected chi connectivity index (χ1v) is 12.1. The maximum absolute atomic E-state index is 9.75. The molecule has 36 heavy (non-hydrogen) atoms. The van der Waals surface area contributed by atoms with Gasteiger partial charge in [-0.1, -0.05) is 72.8 Å². The van der Waals surface area contributed by atoms with Gasteiger partial charge in [0.2, 0.25) is 0 Å². The van der Waals surface area contributed by atoms with Gasteiger partial charge in [0.1, 0.15) is 18.2 Å². The van der Waals surface area contributed by atoms with Crippen molar-refractivity contribution in [2.75, 3.05) is 0 Å². The first kappa shape index (κ1) is 21.9. The van der Waals surface area contributed by atoms with Gasteiger partial charge in [0, 0.05) is 29.7 Å². The van der Waals surface area contributed by atoms with Crippen LogP contribution in [-0.4, -0.2) is 9.55 Å². The van der Waals surface area contributed by atoms with E-state index in [1.807, 2.05) is 43.3 Å². The van der Waals surface area contributed by atoms with Gasteiger partial charge in [0.15, 0.2) is 0 Å². The number of aromatic nitrogens is 2. The third-order valence-corrected chi connectivity index (χ3v) is 6.80. The molecule has 0 saturated heterocycles. The fraction of sp³-hybridized carbons (Fsp3) is 0.125. The number of para-hydroxylation sites is 3. The van der Waals surface area contributed by atoms with Crippen LogP contribution in [0, 0.1) is 11.3 Å². The molecule has 0 spiro atoms. The highest BCUT2D eigenvalue weighted by Gasteiger charge is 2.22. The fourth-order valence-corrected chi connectivity index (χ4v) is 5.07. The highest BCUT2D eigenvalue weighted by molar-refractivity contribution is 5.88. The van der Waals surface area contributed by atoms with Crippen LogP contribution in [0.25, 0.3) is 16.6 Å². The van der Waals surface area contributed by atoms with Crippen LogP contribution in [0.4, 0.5) is 0 Å². The number of hydrogen-bond acceptors (Lipinski definition) is 3. The second-order valence-electron chi connectivity index (χ2n) is 9.15. The SMILES string of the molecule is C/C(C#N)=C1/c2ccc(Cn3c(Cc4ccccc4)nc4ccccc43)cc2COc2ccccc21. The summed E-state index contributed by atoms with van der Waals surface area (Å²) < 4.78 is 8.51. The lowest BCUT2D eigenvalue weighted by Gasteiger charge is -2.14. The largest absolute Gasteiger partial charge is 0.488 e. The Labute approximate surface area is 210 Å². The molecule has 0 radical (unpaired) electrons. The van der Waals surface area contributed by atoms with Crippen molar-refractivity contribution in [3.63, 3.8) is 0 Å². The molecule has 0 N–H and O–H groups in total. The second-order valence-corrected chi connectivity index (χ2v) is 9.15. The Morgan fingerprint density at radius 3 is 2.53 bits per heavy atom. The Hall–Kier alpha value is -4.62. The maximum Gasteiger partial charge on any atom is 0.127 e. The standard InChI is InChI=1S/C32H25N3O/c1-22(19-33)32-26-16-15-24(17-25(26)21-36-30-14-8-5-11-27(30)32)20-35-29-13-7-6-12-28(29)34-31(35)18-23-9-3-2-4-10-23/h2-17H,18,20-21H2,1H3/b32-22+. The number of allylic oxidation sites excluding steroid dienone is 1. The predicted molar refractivity (Wildman–Crippen MR) is 143 cm³/mol. The third-order valence-electron chi connectivity index (χ3n) is 6.80. The lowest BCUT2D eigenvalue weighted by atomic mass is 9.90. The Morgan fingerprint density at radius 2 is 1.67 bits per heavy atom. The number of benzene rings is 4. The number of fused-ring (bicyclic) bond motifs is 3. The average molecular weight is 468 g/mol. The van der Waals surface area contributed by atoms with E-state index < -0.39 is 0 Å². The minimum atomic E-state index is 0.462. The summed E-state index contributed by atoms with van der Waals surface area (Å²) in [4.78, 5) is 4.97. The molecular formula is C32H25N3O. The van der Waals surface area contributed by atoms with Crippen LogP contribution < -0.4 is 4.74 Å². The van der Waals surface area contributed by atoms with Crippen molar-refractivity contribution in [2.24, 2.45) is 0 Å². The highest BCUT2D eigenvalue weighted by Crippen LogP contribution is 2.38. The van der Waals surface area contributed by atoms with Crippen LogP contribution in [0.2, 0.25) is 0 Å². The molecule has 0 aliphatic carbocycles. The molecule has 4 heteroatoms. The monoisotopic (exact) mass is 467 g/mol. The lowest BCUT2D eigenvalue weighted by Crippen LogP contribution is -2.07. The normalized spacial score (nSPS) is 13.8. The maximum atomic E-state index is 9.75. The summed E-state index contributed by atoms with van der Waals surface area (Å²) in [5.74, 6) is 1.85. The van der Waals surface area contributed by atoms with Gasteiger partial charge < -0.3 is 9.30 Å². The van der Waals surface area contributed by atoms with Crippen molar-refractivity contribution in [1.29, 1.82) is 5.26 Å². The van der Waals surface area contributed by atoms with Gasteiger partial charge in [-0.3, -0.25) is 0 Å². The Balaban J connectivity index is 1.42. The quantitative estimate of drug-likeness (QED) is 0.270. The molecule has 1 aromatic heterocycles. The van der Waals surface area contributed by atoms with Gasteiger partial charge in [-0.15, -0.1) is 0 Å². The minimum Gasteiger partial charge on any atom is -0.488 e. The Morgan fingerprint density at radius 1 is 0.889 bits per heavy atom. The molecule has 1 aliphatic rings. The van der Waals surface area contributed by atoms with Gasteiger partial charge in [0.25, 0.3) is 0 Å². The van der Waals surface area contributed by atoms with E-state index >= 15 is 0 Å². The summed E-state index contributed by atoms with van der Waals surface area (Å²) in [7, 11) is 0. The van der Waals surface area contributed by atoms with Crippen LogP contribution in [0.5, 0.6) is 5.75 Å². The van der Waals surface area contributed by atoms with Crippen LogP contribution in [0.3, 0.4) is 0 Å². The zero-order valence-electron chi connectivity index (χ0n) is 20.1. The van der Waals surface area contributed by atoms with Gasteiger partial charge in [0.05, 0.1) is 17.1 Å². The van der Waals surface area contributed by atoms with Gasteiger partial charge >= 0.3 is 0 Å². The summed E-state index contributed by atoms with van der Waals surface area (Å²) in [6.45, 7) is 3.05. The third kappa shape index (κ3) is 3.95. The molecule has 5 aromatic rings. The molecule has 6 rings (SSSR count). The van der Waals surface area contributed by atoms with E-state index in [-0.39, 0.29) is 0 Å². The first-order valence-electron chi connectivity index (χ1n) is 12.1. The van der Waals surface area contributed by atoms with Crippen molar-refractivity contribution >= 4 is 16.6 Å². The molecule has 4 aromatic carbocycles. The van der Waals surface area contributed by atoms with Crippen molar-refractivity contribution in [3.8, 4) is 11.8 Å². The van der Waals surface area contributed by atoms with Crippen molar-refractivity contribution < 1.29 is 4.74 Å². The Kier molecular flexibility index (Phi) is 5.59. The summed E-state index contributed by atoms with van der Waals surface area (Å²) in [5, 5.41) is 9.75. The van der Waals surface area contributed by atoms with E-state index in [2.05, 4.69) is 71.3 Å². The summed E-state index contributed by atoms with van der Waals surface area (Å²) in [5.41, 5.74) is 9.30. The molecule has 0 bridgehead atoms. The predicted octanol–water partition coefficient (Wildman–Crippen LogP) is 6.91. The van der Waals surface area contributed by atoms with E-state index in [9.17, 15) is 5.26 Å². The number of ether oxygens (including phenoxy) is 1. The molecule has 0 fully saturated rings. The summed E-state index contributed by atoms with van der Waals surface area (Å²) >= 11 is 0. The van der Waals surface area contributed by atoms with Crippen LogP contribution in [0.1, 0.15) is 40.6 Å². The van der Waals surface area contributed by atoms with E-state index in [1.165, 1.54) is 11.1 Å². The average Bonchev–Trinajstić information content (AvgIpc) is 3.16. The van der Waals surface area contributed by atoms with Crippen molar-refractivity contribution in [2.45, 2.75) is 26.5 Å². The molecular weight excluding hydrogens is 442 g/mol. The molecule has 0 amide bonds. The lowest BCUT2D eigenvalue weighted by molar-refractivity contribution is 0.307. The fourth-order valence-electron chi connectivity index (χ4n) is 5.07. The molecule has 0 atom stereocenters. The van der Waals surface area contributed by atoms with Gasteiger partial charge in [-0.25, -0.2) is 4.98 Å². The Bertz CT molecular complexity index is 1650. The van der Waals surface area contributed by atoms with Crippen LogP contribution >= 0.6 is 0 Å². The minimum absolute atomic E-state index is 0.462. The van der Waals surface area contributed by atoms with E-state index in [0.717, 1.165) is 51.3 Å². The van der Waals surface area contributed by atoms with E-state index in [4.69, 9.17) is 9.72 Å². The molecule has 0 unspecified atom stereocenters. The first-order chi connectivity index (χ1) is 17.7. The summed E-state index contributed by atoms with van der Waals surface area (Å²) in [6, 6.07) is 35.6. The second kappa shape index (κ2) is 9.20. The van der Waals surface area contributed by atoms with Gasteiger partial charge in [-0.05, 0) is 53.4 Å². The number of rotatable bonds is 4. The highest BCUT2D eigenvalue weighted by atomic mass is 16.5. The number of hydrogen-bond donors (Lipinski definition) is 0. The zero-order chi connectivity index (χ0) is 24.5. The molecule has 0 saturated carbocycles. The molecule has 1 aliphatic heterocycles. The van der Waals surface area contributed by atoms with Gasteiger partial charge in [-0.2, -0.15) is 5.26 Å². The number of imidazole rings is 1. The van der Waals surface area contributed by atoms with Crippen molar-refractivity contribution in [1.82, 2.24) is 9.55 Å².